The third-order valence-electron chi connectivity index (χ3n) is 3.81. The van der Waals surface area contributed by atoms with E-state index >= 15 is 0 Å². The Bertz CT molecular complexity index is 618. The Morgan fingerprint density at radius 1 is 1.35 bits per heavy atom. The first kappa shape index (κ1) is 13.6. The molecule has 1 aromatic heterocycles. The fourth-order valence-corrected chi connectivity index (χ4v) is 3.02. The molecule has 0 atom stereocenters. The number of nitrogen functional groups attached to an aromatic ring is 1. The van der Waals surface area contributed by atoms with Crippen molar-refractivity contribution in [2.24, 2.45) is 0 Å². The first-order chi connectivity index (χ1) is 9.66. The summed E-state index contributed by atoms with van der Waals surface area (Å²) in [7, 11) is 0. The van der Waals surface area contributed by atoms with Gasteiger partial charge in [-0.3, -0.25) is 4.68 Å². The second kappa shape index (κ2) is 5.58. The van der Waals surface area contributed by atoms with Crippen LogP contribution in [-0.2, 0) is 4.74 Å². The number of anilines is 1. The standard InChI is InChI=1S/C15H18BrN3O/c1-10-8-14(17)12(9-13(10)16)15-2-5-18-19(15)11-3-6-20-7-4-11/h2,5,8-9,11H,3-4,6-7,17H2,1H3. The molecule has 2 aromatic rings. The van der Waals surface area contributed by atoms with Gasteiger partial charge in [-0.05, 0) is 43.5 Å². The summed E-state index contributed by atoms with van der Waals surface area (Å²) in [6.45, 7) is 3.65. The highest BCUT2D eigenvalue weighted by atomic mass is 79.9. The molecule has 1 saturated heterocycles. The molecule has 1 aliphatic heterocycles. The van der Waals surface area contributed by atoms with Crippen molar-refractivity contribution in [1.29, 1.82) is 0 Å². The predicted molar refractivity (Wildman–Crippen MR) is 83.6 cm³/mol. The quantitative estimate of drug-likeness (QED) is 0.853. The molecule has 0 spiro atoms. The summed E-state index contributed by atoms with van der Waals surface area (Å²) in [4.78, 5) is 0. The second-order valence-electron chi connectivity index (χ2n) is 5.19. The molecule has 0 saturated carbocycles. The Balaban J connectivity index is 2.03. The maximum absolute atomic E-state index is 6.19. The number of aromatic nitrogens is 2. The summed E-state index contributed by atoms with van der Waals surface area (Å²) in [5, 5.41) is 4.50. The van der Waals surface area contributed by atoms with Crippen molar-refractivity contribution in [2.75, 3.05) is 18.9 Å². The van der Waals surface area contributed by atoms with Gasteiger partial charge < -0.3 is 10.5 Å². The van der Waals surface area contributed by atoms with Crippen LogP contribution in [-0.4, -0.2) is 23.0 Å². The molecule has 0 aliphatic carbocycles. The minimum atomic E-state index is 0.397. The van der Waals surface area contributed by atoms with Crippen molar-refractivity contribution in [1.82, 2.24) is 9.78 Å². The van der Waals surface area contributed by atoms with Crippen LogP contribution in [0.1, 0.15) is 24.4 Å². The van der Waals surface area contributed by atoms with Crippen LogP contribution in [0, 0.1) is 6.92 Å². The molecule has 1 aromatic carbocycles. The Hall–Kier alpha value is -1.33. The Morgan fingerprint density at radius 2 is 2.10 bits per heavy atom. The molecule has 0 radical (unpaired) electrons. The Labute approximate surface area is 127 Å². The van der Waals surface area contributed by atoms with Gasteiger partial charge in [-0.2, -0.15) is 5.10 Å². The second-order valence-corrected chi connectivity index (χ2v) is 6.05. The van der Waals surface area contributed by atoms with E-state index in [1.165, 1.54) is 0 Å². The number of hydrogen-bond donors (Lipinski definition) is 1. The first-order valence-electron chi connectivity index (χ1n) is 6.84. The average Bonchev–Trinajstić information content (AvgIpc) is 2.93. The Morgan fingerprint density at radius 3 is 2.85 bits per heavy atom. The zero-order valence-corrected chi connectivity index (χ0v) is 13.1. The van der Waals surface area contributed by atoms with E-state index in [0.717, 1.165) is 53.0 Å². The van der Waals surface area contributed by atoms with Crippen LogP contribution in [0.2, 0.25) is 0 Å². The molecule has 4 nitrogen and oxygen atoms in total. The molecule has 0 amide bonds. The lowest BCUT2D eigenvalue weighted by Crippen LogP contribution is -2.21. The predicted octanol–water partition coefficient (Wildman–Crippen LogP) is 3.55. The van der Waals surface area contributed by atoms with Crippen LogP contribution in [0.5, 0.6) is 0 Å². The van der Waals surface area contributed by atoms with Gasteiger partial charge in [-0.1, -0.05) is 15.9 Å². The lowest BCUT2D eigenvalue weighted by molar-refractivity contribution is 0.0667. The molecule has 5 heteroatoms. The van der Waals surface area contributed by atoms with E-state index in [1.54, 1.807) is 0 Å². The van der Waals surface area contributed by atoms with Crippen LogP contribution < -0.4 is 5.73 Å². The molecule has 3 rings (SSSR count). The van der Waals surface area contributed by atoms with E-state index in [0.29, 0.717) is 6.04 Å². The van der Waals surface area contributed by atoms with Crippen molar-refractivity contribution in [3.05, 3.63) is 34.4 Å². The SMILES string of the molecule is Cc1cc(N)c(-c2ccnn2C2CCOCC2)cc1Br. The van der Waals surface area contributed by atoms with Crippen LogP contribution >= 0.6 is 15.9 Å². The summed E-state index contributed by atoms with van der Waals surface area (Å²) < 4.78 is 8.59. The molecule has 2 N–H and O–H groups in total. The lowest BCUT2D eigenvalue weighted by Gasteiger charge is -2.24. The monoisotopic (exact) mass is 335 g/mol. The molecule has 0 bridgehead atoms. The number of nitrogens with zero attached hydrogens (tertiary/aromatic N) is 2. The van der Waals surface area contributed by atoms with Crippen LogP contribution in [0.3, 0.4) is 0 Å². The van der Waals surface area contributed by atoms with E-state index < -0.39 is 0 Å². The van der Waals surface area contributed by atoms with Crippen molar-refractivity contribution in [3.63, 3.8) is 0 Å². The van der Waals surface area contributed by atoms with Crippen LogP contribution in [0.15, 0.2) is 28.9 Å². The number of nitrogens with two attached hydrogens (primary N) is 1. The zero-order valence-electron chi connectivity index (χ0n) is 11.5. The largest absolute Gasteiger partial charge is 0.398 e. The van der Waals surface area contributed by atoms with Gasteiger partial charge in [-0.15, -0.1) is 0 Å². The third-order valence-corrected chi connectivity index (χ3v) is 4.67. The van der Waals surface area contributed by atoms with Gasteiger partial charge in [0.1, 0.15) is 0 Å². The number of aryl methyl sites for hydroxylation is 1. The maximum Gasteiger partial charge on any atom is 0.0706 e. The smallest absolute Gasteiger partial charge is 0.0706 e. The van der Waals surface area contributed by atoms with E-state index in [1.807, 2.05) is 25.3 Å². The average molecular weight is 336 g/mol. The molecular weight excluding hydrogens is 318 g/mol. The first-order valence-corrected chi connectivity index (χ1v) is 7.63. The number of halogens is 1. The lowest BCUT2D eigenvalue weighted by atomic mass is 10.0. The highest BCUT2D eigenvalue weighted by molar-refractivity contribution is 9.10. The van der Waals surface area contributed by atoms with Gasteiger partial charge in [0.15, 0.2) is 0 Å². The van der Waals surface area contributed by atoms with Crippen molar-refractivity contribution < 1.29 is 4.74 Å². The van der Waals surface area contributed by atoms with Gasteiger partial charge in [-0.25, -0.2) is 0 Å². The fourth-order valence-electron chi connectivity index (χ4n) is 2.67. The Kier molecular flexibility index (Phi) is 3.81. The minimum absolute atomic E-state index is 0.397. The minimum Gasteiger partial charge on any atom is -0.398 e. The number of hydrogen-bond acceptors (Lipinski definition) is 3. The fraction of sp³-hybridized carbons (Fsp3) is 0.400. The summed E-state index contributed by atoms with van der Waals surface area (Å²) >= 11 is 3.58. The number of rotatable bonds is 2. The summed E-state index contributed by atoms with van der Waals surface area (Å²) in [6, 6.07) is 6.51. The van der Waals surface area contributed by atoms with Gasteiger partial charge in [0.25, 0.3) is 0 Å². The normalized spacial score (nSPS) is 16.5. The van der Waals surface area contributed by atoms with E-state index in [2.05, 4.69) is 31.8 Å². The molecule has 1 aliphatic rings. The van der Waals surface area contributed by atoms with E-state index in [9.17, 15) is 0 Å². The number of ether oxygens (including phenoxy) is 1. The van der Waals surface area contributed by atoms with Crippen molar-refractivity contribution in [2.45, 2.75) is 25.8 Å². The van der Waals surface area contributed by atoms with E-state index in [4.69, 9.17) is 10.5 Å². The van der Waals surface area contributed by atoms with Gasteiger partial charge in [0, 0.05) is 35.1 Å². The summed E-state index contributed by atoms with van der Waals surface area (Å²) in [6.07, 6.45) is 3.85. The van der Waals surface area contributed by atoms with Gasteiger partial charge >= 0.3 is 0 Å². The third kappa shape index (κ3) is 2.47. The summed E-state index contributed by atoms with van der Waals surface area (Å²) in [5.74, 6) is 0. The maximum atomic E-state index is 6.19. The van der Waals surface area contributed by atoms with E-state index in [-0.39, 0.29) is 0 Å². The zero-order chi connectivity index (χ0) is 14.1. The molecule has 106 valence electrons. The summed E-state index contributed by atoms with van der Waals surface area (Å²) in [5.41, 5.74) is 10.2. The van der Waals surface area contributed by atoms with Crippen molar-refractivity contribution in [3.8, 4) is 11.3 Å². The molecule has 1 fully saturated rings. The van der Waals surface area contributed by atoms with Crippen LogP contribution in [0.4, 0.5) is 5.69 Å². The number of benzene rings is 1. The highest BCUT2D eigenvalue weighted by Gasteiger charge is 2.20. The van der Waals surface area contributed by atoms with Gasteiger partial charge in [0.2, 0.25) is 0 Å². The molecular formula is C15H18BrN3O. The molecule has 0 unspecified atom stereocenters. The van der Waals surface area contributed by atoms with Crippen LogP contribution in [0.25, 0.3) is 11.3 Å². The molecule has 2 heterocycles. The topological polar surface area (TPSA) is 53.1 Å². The van der Waals surface area contributed by atoms with Crippen molar-refractivity contribution >= 4 is 21.6 Å². The molecule has 20 heavy (non-hydrogen) atoms. The highest BCUT2D eigenvalue weighted by Crippen LogP contribution is 2.34. The van der Waals surface area contributed by atoms with Gasteiger partial charge in [0.05, 0.1) is 11.7 Å².